The molecule has 0 fully saturated rings. The Morgan fingerprint density at radius 2 is 2.08 bits per heavy atom. The molecule has 10 nitrogen and oxygen atoms in total. The van der Waals surface area contributed by atoms with Crippen LogP contribution in [0.15, 0.2) is 35.3 Å². The molecule has 0 radical (unpaired) electrons. The summed E-state index contributed by atoms with van der Waals surface area (Å²) in [5, 5.41) is 16.5. The molecule has 3 rings (SSSR count). The summed E-state index contributed by atoms with van der Waals surface area (Å²) in [6.45, 7) is 0. The quantitative estimate of drug-likeness (QED) is 0.419. The predicted octanol–water partition coefficient (Wildman–Crippen LogP) is 1.26. The van der Waals surface area contributed by atoms with Gasteiger partial charge in [0.1, 0.15) is 5.69 Å². The number of fused-ring (bicyclic) bond motifs is 1. The number of nitrogens with zero attached hydrogens (tertiary/aromatic N) is 2. The van der Waals surface area contributed by atoms with Gasteiger partial charge in [0.2, 0.25) is 0 Å². The van der Waals surface area contributed by atoms with Crippen LogP contribution in [0.2, 0.25) is 0 Å². The van der Waals surface area contributed by atoms with Crippen molar-refractivity contribution in [3.8, 4) is 0 Å². The highest BCUT2D eigenvalue weighted by Crippen LogP contribution is 2.29. The van der Waals surface area contributed by atoms with Crippen LogP contribution in [0.3, 0.4) is 0 Å². The number of carbonyl (C=O) groups is 1. The minimum Gasteiger partial charge on any atom is -0.355 e. The van der Waals surface area contributed by atoms with Crippen LogP contribution in [0.1, 0.15) is 10.4 Å². The lowest BCUT2D eigenvalue weighted by atomic mass is 10.1. The highest BCUT2D eigenvalue weighted by Gasteiger charge is 2.17. The molecule has 0 saturated heterocycles. The fourth-order valence-corrected chi connectivity index (χ4v) is 2.22. The van der Waals surface area contributed by atoms with Crippen molar-refractivity contribution in [3.05, 3.63) is 56.6 Å². The molecule has 0 unspecified atom stereocenters. The number of H-pyrrole nitrogens is 2. The first kappa shape index (κ1) is 15.2. The summed E-state index contributed by atoms with van der Waals surface area (Å²) >= 11 is 0. The van der Waals surface area contributed by atoms with E-state index in [1.807, 2.05) is 0 Å². The molecule has 0 aliphatic carbocycles. The van der Waals surface area contributed by atoms with Gasteiger partial charge in [0, 0.05) is 18.7 Å². The number of pyridine rings is 1. The maximum atomic E-state index is 11.6. The van der Waals surface area contributed by atoms with E-state index in [9.17, 15) is 19.7 Å². The molecule has 0 aliphatic rings. The van der Waals surface area contributed by atoms with E-state index in [0.717, 1.165) is 0 Å². The Kier molecular flexibility index (Phi) is 3.70. The molecule has 122 valence electrons. The maximum absolute atomic E-state index is 11.6. The zero-order valence-corrected chi connectivity index (χ0v) is 12.4. The summed E-state index contributed by atoms with van der Waals surface area (Å²) in [7, 11) is 1.44. The van der Waals surface area contributed by atoms with Crippen molar-refractivity contribution in [3.63, 3.8) is 0 Å². The lowest BCUT2D eigenvalue weighted by Gasteiger charge is -2.08. The van der Waals surface area contributed by atoms with Gasteiger partial charge in [-0.25, -0.2) is 9.78 Å². The van der Waals surface area contributed by atoms with E-state index in [4.69, 9.17) is 0 Å². The molecule has 0 bridgehead atoms. The second kappa shape index (κ2) is 5.83. The van der Waals surface area contributed by atoms with E-state index in [0.29, 0.717) is 16.9 Å². The third-order valence-electron chi connectivity index (χ3n) is 3.33. The molecule has 4 N–H and O–H groups in total. The molecule has 0 spiro atoms. The molecule has 0 atom stereocenters. The van der Waals surface area contributed by atoms with Crippen LogP contribution in [-0.4, -0.2) is 32.8 Å². The number of aromatic nitrogens is 3. The zero-order chi connectivity index (χ0) is 17.3. The summed E-state index contributed by atoms with van der Waals surface area (Å²) < 4.78 is 0. The van der Waals surface area contributed by atoms with E-state index in [-0.39, 0.29) is 16.9 Å². The van der Waals surface area contributed by atoms with Crippen molar-refractivity contribution >= 4 is 34.1 Å². The molecule has 0 saturated carbocycles. The first-order valence-electron chi connectivity index (χ1n) is 6.83. The number of anilines is 2. The van der Waals surface area contributed by atoms with E-state index >= 15 is 0 Å². The summed E-state index contributed by atoms with van der Waals surface area (Å²) in [5.41, 5.74) is 1.04. The van der Waals surface area contributed by atoms with Crippen LogP contribution < -0.4 is 16.3 Å². The first-order valence-corrected chi connectivity index (χ1v) is 6.83. The van der Waals surface area contributed by atoms with Gasteiger partial charge in [0.15, 0.2) is 5.65 Å². The average Bonchev–Trinajstić information content (AvgIpc) is 2.93. The lowest BCUT2D eigenvalue weighted by molar-refractivity contribution is -0.383. The van der Waals surface area contributed by atoms with E-state index < -0.39 is 16.5 Å². The molecule has 24 heavy (non-hydrogen) atoms. The predicted molar refractivity (Wildman–Crippen MR) is 86.5 cm³/mol. The Balaban J connectivity index is 1.99. The largest absolute Gasteiger partial charge is 0.355 e. The third kappa shape index (κ3) is 2.79. The Bertz CT molecular complexity index is 1010. The van der Waals surface area contributed by atoms with Crippen molar-refractivity contribution in [2.24, 2.45) is 0 Å². The number of carbonyl (C=O) groups excluding carboxylic acids is 1. The van der Waals surface area contributed by atoms with Crippen molar-refractivity contribution < 1.29 is 9.72 Å². The SMILES string of the molecule is CNC(=O)c1ccc(Nc2cnc3[nH]c(=O)[nH]c3c2)c([N+](=O)[O-])c1. The number of rotatable bonds is 4. The Labute approximate surface area is 134 Å². The van der Waals surface area contributed by atoms with Gasteiger partial charge in [-0.3, -0.25) is 19.9 Å². The fourth-order valence-electron chi connectivity index (χ4n) is 2.22. The maximum Gasteiger partial charge on any atom is 0.325 e. The third-order valence-corrected chi connectivity index (χ3v) is 3.33. The highest BCUT2D eigenvalue weighted by molar-refractivity contribution is 5.95. The smallest absolute Gasteiger partial charge is 0.325 e. The molecule has 0 aliphatic heterocycles. The topological polar surface area (TPSA) is 146 Å². The number of nitro benzene ring substituents is 1. The van der Waals surface area contributed by atoms with Crippen LogP contribution in [-0.2, 0) is 0 Å². The summed E-state index contributed by atoms with van der Waals surface area (Å²) in [5.74, 6) is -0.419. The average molecular weight is 328 g/mol. The highest BCUT2D eigenvalue weighted by atomic mass is 16.6. The minimum absolute atomic E-state index is 0.179. The lowest BCUT2D eigenvalue weighted by Crippen LogP contribution is -2.17. The molecule has 1 amide bonds. The second-order valence-electron chi connectivity index (χ2n) is 4.89. The number of nitrogens with one attached hydrogen (secondary N) is 4. The van der Waals surface area contributed by atoms with Crippen molar-refractivity contribution in [1.82, 2.24) is 20.3 Å². The van der Waals surface area contributed by atoms with Crippen LogP contribution in [0, 0.1) is 10.1 Å². The Morgan fingerprint density at radius 3 is 2.79 bits per heavy atom. The zero-order valence-electron chi connectivity index (χ0n) is 12.4. The summed E-state index contributed by atoms with van der Waals surface area (Å²) in [6.07, 6.45) is 1.43. The second-order valence-corrected chi connectivity index (χ2v) is 4.89. The van der Waals surface area contributed by atoms with E-state index in [1.165, 1.54) is 31.4 Å². The van der Waals surface area contributed by atoms with Crippen LogP contribution in [0.25, 0.3) is 11.2 Å². The summed E-state index contributed by atoms with van der Waals surface area (Å²) in [6, 6.07) is 5.69. The van der Waals surface area contributed by atoms with Gasteiger partial charge >= 0.3 is 5.69 Å². The van der Waals surface area contributed by atoms with Gasteiger partial charge in [-0.2, -0.15) is 0 Å². The molecule has 2 aromatic heterocycles. The first-order chi connectivity index (χ1) is 11.5. The standard InChI is InChI=1S/C14H12N6O4/c1-15-13(21)7-2-3-9(11(4-7)20(23)24)17-8-5-10-12(16-6-8)19-14(22)18-10/h2-6,17H,1H3,(H,15,21)(H2,16,18,19,22). The minimum atomic E-state index is -0.584. The van der Waals surface area contributed by atoms with Gasteiger partial charge in [-0.05, 0) is 18.2 Å². The van der Waals surface area contributed by atoms with Crippen molar-refractivity contribution in [2.75, 3.05) is 12.4 Å². The van der Waals surface area contributed by atoms with Gasteiger partial charge in [-0.1, -0.05) is 0 Å². The summed E-state index contributed by atoms with van der Waals surface area (Å²) in [4.78, 5) is 42.6. The van der Waals surface area contributed by atoms with Crippen LogP contribution in [0.5, 0.6) is 0 Å². The van der Waals surface area contributed by atoms with Gasteiger partial charge in [0.05, 0.1) is 22.3 Å². The van der Waals surface area contributed by atoms with Gasteiger partial charge in [-0.15, -0.1) is 0 Å². The van der Waals surface area contributed by atoms with E-state index in [1.54, 1.807) is 6.07 Å². The molecule has 10 heteroatoms. The molecule has 2 heterocycles. The van der Waals surface area contributed by atoms with E-state index in [2.05, 4.69) is 25.6 Å². The normalized spacial score (nSPS) is 10.5. The molecule has 1 aromatic carbocycles. The molecular formula is C14H12N6O4. The molecule has 3 aromatic rings. The number of amides is 1. The number of aromatic amines is 2. The van der Waals surface area contributed by atoms with Crippen molar-refractivity contribution in [2.45, 2.75) is 0 Å². The van der Waals surface area contributed by atoms with Gasteiger partial charge in [0.25, 0.3) is 11.6 Å². The number of hydrogen-bond acceptors (Lipinski definition) is 6. The number of benzene rings is 1. The number of hydrogen-bond donors (Lipinski definition) is 4. The van der Waals surface area contributed by atoms with Gasteiger partial charge < -0.3 is 15.6 Å². The number of nitro groups is 1. The number of imidazole rings is 1. The van der Waals surface area contributed by atoms with Crippen LogP contribution >= 0.6 is 0 Å². The van der Waals surface area contributed by atoms with Crippen LogP contribution in [0.4, 0.5) is 17.1 Å². The Morgan fingerprint density at radius 1 is 1.29 bits per heavy atom. The monoisotopic (exact) mass is 328 g/mol. The fraction of sp³-hybridized carbons (Fsp3) is 0.0714. The Hall–Kier alpha value is -3.69. The van der Waals surface area contributed by atoms with Crippen molar-refractivity contribution in [1.29, 1.82) is 0 Å². The molecular weight excluding hydrogens is 316 g/mol.